The van der Waals surface area contributed by atoms with E-state index in [9.17, 15) is 9.59 Å². The number of H-pyrrole nitrogens is 1. The van der Waals surface area contributed by atoms with Gasteiger partial charge in [-0.05, 0) is 31.9 Å². The number of ether oxygens (including phenoxy) is 1. The lowest BCUT2D eigenvalue weighted by Gasteiger charge is -2.32. The van der Waals surface area contributed by atoms with Crippen LogP contribution in [-0.4, -0.2) is 47.0 Å². The monoisotopic (exact) mass is 343 g/mol. The number of nitrogens with zero attached hydrogens (tertiary/aromatic N) is 3. The summed E-state index contributed by atoms with van der Waals surface area (Å²) in [4.78, 5) is 25.4. The number of hydrogen-bond donors (Lipinski definition) is 2. The van der Waals surface area contributed by atoms with E-state index in [1.54, 1.807) is 0 Å². The van der Waals surface area contributed by atoms with Crippen LogP contribution in [0.15, 0.2) is 24.3 Å². The molecular formula is C17H21N5O3. The Bertz CT molecular complexity index is 748. The van der Waals surface area contributed by atoms with Gasteiger partial charge >= 0.3 is 5.97 Å². The average Bonchev–Trinajstić information content (AvgIpc) is 3.12. The molecule has 3 rings (SSSR count). The second kappa shape index (κ2) is 7.33. The molecule has 132 valence electrons. The molecule has 0 spiro atoms. The molecule has 25 heavy (non-hydrogen) atoms. The first-order chi connectivity index (χ1) is 12.1. The lowest BCUT2D eigenvalue weighted by Crippen LogP contribution is -2.36. The fourth-order valence-corrected chi connectivity index (χ4v) is 3.07. The van der Waals surface area contributed by atoms with Gasteiger partial charge in [0.05, 0.1) is 12.5 Å². The summed E-state index contributed by atoms with van der Waals surface area (Å²) in [6.45, 7) is 3.86. The van der Waals surface area contributed by atoms with Gasteiger partial charge in [0.1, 0.15) is 5.69 Å². The van der Waals surface area contributed by atoms with Crippen LogP contribution in [0.5, 0.6) is 0 Å². The molecule has 0 aliphatic carbocycles. The highest BCUT2D eigenvalue weighted by molar-refractivity contribution is 5.96. The highest BCUT2D eigenvalue weighted by atomic mass is 16.5. The van der Waals surface area contributed by atoms with E-state index in [1.165, 1.54) is 0 Å². The molecule has 0 radical (unpaired) electrons. The maximum Gasteiger partial charge on any atom is 0.309 e. The van der Waals surface area contributed by atoms with Crippen LogP contribution >= 0.6 is 0 Å². The van der Waals surface area contributed by atoms with Crippen molar-refractivity contribution in [3.63, 3.8) is 0 Å². The van der Waals surface area contributed by atoms with Crippen LogP contribution < -0.4 is 10.6 Å². The topological polar surface area (TPSA) is 114 Å². The summed E-state index contributed by atoms with van der Waals surface area (Å²) in [6, 6.07) is 7.72. The Balaban J connectivity index is 1.67. The number of hydrogen-bond acceptors (Lipinski definition) is 6. The average molecular weight is 343 g/mol. The van der Waals surface area contributed by atoms with E-state index in [0.717, 1.165) is 37.2 Å². The maximum absolute atomic E-state index is 11.8. The van der Waals surface area contributed by atoms with E-state index in [4.69, 9.17) is 10.5 Å². The minimum atomic E-state index is -0.617. The van der Waals surface area contributed by atoms with Crippen LogP contribution in [0.3, 0.4) is 0 Å². The minimum Gasteiger partial charge on any atom is -0.466 e. The summed E-state index contributed by atoms with van der Waals surface area (Å²) in [5, 5.41) is 10.2. The van der Waals surface area contributed by atoms with Crippen LogP contribution in [-0.2, 0) is 9.53 Å². The molecule has 1 amide bonds. The van der Waals surface area contributed by atoms with Crippen molar-refractivity contribution in [3.8, 4) is 11.3 Å². The molecule has 0 atom stereocenters. The van der Waals surface area contributed by atoms with Gasteiger partial charge in [-0.3, -0.25) is 9.59 Å². The van der Waals surface area contributed by atoms with Crippen molar-refractivity contribution in [2.75, 3.05) is 24.6 Å². The molecule has 2 aromatic rings. The molecular weight excluding hydrogens is 322 g/mol. The summed E-state index contributed by atoms with van der Waals surface area (Å²) in [6.07, 6.45) is 1.57. The van der Waals surface area contributed by atoms with Gasteiger partial charge in [-0.25, -0.2) is 0 Å². The molecule has 1 aromatic carbocycles. The van der Waals surface area contributed by atoms with Crippen LogP contribution in [0.2, 0.25) is 0 Å². The van der Waals surface area contributed by atoms with Crippen LogP contribution in [0, 0.1) is 5.92 Å². The molecule has 1 aliphatic heterocycles. The van der Waals surface area contributed by atoms with Gasteiger partial charge in [0.25, 0.3) is 5.91 Å². The number of anilines is 1. The van der Waals surface area contributed by atoms with Crippen LogP contribution in [0.4, 0.5) is 5.69 Å². The van der Waals surface area contributed by atoms with E-state index < -0.39 is 5.91 Å². The van der Waals surface area contributed by atoms with Gasteiger partial charge < -0.3 is 15.4 Å². The fraction of sp³-hybridized carbons (Fsp3) is 0.412. The number of benzene rings is 1. The van der Waals surface area contributed by atoms with E-state index in [2.05, 4.69) is 20.3 Å². The first-order valence-corrected chi connectivity index (χ1v) is 8.32. The van der Waals surface area contributed by atoms with Crippen molar-refractivity contribution >= 4 is 17.6 Å². The van der Waals surface area contributed by atoms with Crippen molar-refractivity contribution < 1.29 is 14.3 Å². The van der Waals surface area contributed by atoms with E-state index in [-0.39, 0.29) is 17.6 Å². The highest BCUT2D eigenvalue weighted by Crippen LogP contribution is 2.27. The number of carbonyl (C=O) groups excluding carboxylic acids is 2. The molecule has 1 fully saturated rings. The summed E-state index contributed by atoms with van der Waals surface area (Å²) < 4.78 is 5.10. The normalized spacial score (nSPS) is 15.2. The number of nitrogens with one attached hydrogen (secondary N) is 1. The van der Waals surface area contributed by atoms with Gasteiger partial charge in [-0.2, -0.15) is 15.4 Å². The molecule has 1 aliphatic rings. The van der Waals surface area contributed by atoms with Gasteiger partial charge in [0.2, 0.25) is 0 Å². The maximum atomic E-state index is 11.8. The predicted molar refractivity (Wildman–Crippen MR) is 91.9 cm³/mol. The number of amides is 1. The molecule has 8 heteroatoms. The number of primary amides is 1. The molecule has 0 unspecified atom stereocenters. The predicted octanol–water partition coefficient (Wildman–Crippen LogP) is 1.35. The third-order valence-corrected chi connectivity index (χ3v) is 4.40. The number of esters is 1. The SMILES string of the molecule is CCOC(=O)C1CCN(c2ccc(-c3n[nH]nc3C(N)=O)cc2)CC1. The summed E-state index contributed by atoms with van der Waals surface area (Å²) in [5.41, 5.74) is 7.70. The lowest BCUT2D eigenvalue weighted by molar-refractivity contribution is -0.148. The highest BCUT2D eigenvalue weighted by Gasteiger charge is 2.26. The van der Waals surface area contributed by atoms with Gasteiger partial charge in [-0.1, -0.05) is 12.1 Å². The van der Waals surface area contributed by atoms with E-state index in [0.29, 0.717) is 12.3 Å². The second-order valence-electron chi connectivity index (χ2n) is 5.95. The van der Waals surface area contributed by atoms with Gasteiger partial charge in [0, 0.05) is 24.3 Å². The number of carbonyl (C=O) groups is 2. The molecule has 0 bridgehead atoms. The Morgan fingerprint density at radius 3 is 2.52 bits per heavy atom. The Labute approximate surface area is 145 Å². The van der Waals surface area contributed by atoms with Crippen LogP contribution in [0.1, 0.15) is 30.3 Å². The Kier molecular flexibility index (Phi) is 4.97. The summed E-state index contributed by atoms with van der Waals surface area (Å²) in [7, 11) is 0. The van der Waals surface area contributed by atoms with Crippen LogP contribution in [0.25, 0.3) is 11.3 Å². The third kappa shape index (κ3) is 3.62. The summed E-state index contributed by atoms with van der Waals surface area (Å²) >= 11 is 0. The smallest absolute Gasteiger partial charge is 0.309 e. The Hall–Kier alpha value is -2.90. The number of rotatable bonds is 5. The number of piperidine rings is 1. The van der Waals surface area contributed by atoms with Crippen molar-refractivity contribution in [2.24, 2.45) is 11.7 Å². The first kappa shape index (κ1) is 16.9. The quantitative estimate of drug-likeness (QED) is 0.792. The molecule has 0 saturated carbocycles. The van der Waals surface area contributed by atoms with Gasteiger partial charge in [-0.15, -0.1) is 0 Å². The zero-order valence-electron chi connectivity index (χ0n) is 14.1. The fourth-order valence-electron chi connectivity index (χ4n) is 3.07. The van der Waals surface area contributed by atoms with Crippen molar-refractivity contribution in [1.29, 1.82) is 0 Å². The van der Waals surface area contributed by atoms with Crippen molar-refractivity contribution in [3.05, 3.63) is 30.0 Å². The Morgan fingerprint density at radius 1 is 1.24 bits per heavy atom. The number of nitrogens with two attached hydrogens (primary N) is 1. The van der Waals surface area contributed by atoms with E-state index >= 15 is 0 Å². The molecule has 8 nitrogen and oxygen atoms in total. The zero-order chi connectivity index (χ0) is 17.8. The minimum absolute atomic E-state index is 0.0104. The number of aromatic amines is 1. The standard InChI is InChI=1S/C17H21N5O3/c1-2-25-17(24)12-7-9-22(10-8-12)13-5-3-11(4-6-13)14-15(16(18)23)20-21-19-14/h3-6,12H,2,7-10H2,1H3,(H2,18,23)(H,19,20,21). The first-order valence-electron chi connectivity index (χ1n) is 8.32. The van der Waals surface area contributed by atoms with E-state index in [1.807, 2.05) is 31.2 Å². The van der Waals surface area contributed by atoms with Crippen molar-refractivity contribution in [2.45, 2.75) is 19.8 Å². The zero-order valence-corrected chi connectivity index (χ0v) is 14.1. The molecule has 3 N–H and O–H groups in total. The molecule has 1 saturated heterocycles. The largest absolute Gasteiger partial charge is 0.466 e. The molecule has 1 aromatic heterocycles. The lowest BCUT2D eigenvalue weighted by atomic mass is 9.96. The van der Waals surface area contributed by atoms with Crippen molar-refractivity contribution in [1.82, 2.24) is 15.4 Å². The second-order valence-corrected chi connectivity index (χ2v) is 5.95. The number of aromatic nitrogens is 3. The molecule has 2 heterocycles. The Morgan fingerprint density at radius 2 is 1.92 bits per heavy atom. The van der Waals surface area contributed by atoms with Gasteiger partial charge in [0.15, 0.2) is 5.69 Å². The third-order valence-electron chi connectivity index (χ3n) is 4.40. The summed E-state index contributed by atoms with van der Waals surface area (Å²) in [5.74, 6) is -0.722.